The van der Waals surface area contributed by atoms with E-state index in [9.17, 15) is 24.3 Å². The first kappa shape index (κ1) is 22.6. The molecule has 0 unspecified atom stereocenters. The molecular weight excluding hydrogens is 255 g/mol. The van der Waals surface area contributed by atoms with Crippen molar-refractivity contribution in [3.8, 4) is 0 Å². The monoisotopic (exact) mass is 270 g/mol. The number of rotatable bonds is 8. The van der Waals surface area contributed by atoms with Crippen molar-refractivity contribution in [1.29, 1.82) is 0 Å². The van der Waals surface area contributed by atoms with Gasteiger partial charge in [0.25, 0.3) is 0 Å². The van der Waals surface area contributed by atoms with Gasteiger partial charge in [-0.2, -0.15) is 0 Å². The minimum Gasteiger partial charge on any atom is -0.550 e. The van der Waals surface area contributed by atoms with E-state index in [0.29, 0.717) is 12.8 Å². The summed E-state index contributed by atoms with van der Waals surface area (Å²) in [6.07, 6.45) is 0.184. The van der Waals surface area contributed by atoms with Crippen LogP contribution in [0.4, 0.5) is 0 Å². The van der Waals surface area contributed by atoms with Crippen molar-refractivity contribution in [1.82, 2.24) is 0 Å². The molecule has 0 bridgehead atoms. The number of carboxylic acid groups (broad SMARTS) is 4. The molecule has 0 aromatic heterocycles. The number of carbonyl (C=O) groups is 4. The summed E-state index contributed by atoms with van der Waals surface area (Å²) in [5, 5.41) is 33.7. The molecule has 0 saturated heterocycles. The molecule has 0 rings (SSSR count). The Morgan fingerprint density at radius 3 is 1.26 bits per heavy atom. The molecule has 8 nitrogen and oxygen atoms in total. The Hall–Kier alpha value is -1.52. The smallest absolute Gasteiger partial charge is 0.550 e. The van der Waals surface area contributed by atoms with Gasteiger partial charge in [0.15, 0.2) is 0 Å². The third-order valence-corrected chi connectivity index (χ3v) is 1.57. The molecule has 9 heteroatoms. The Kier molecular flexibility index (Phi) is 17.3. The summed E-state index contributed by atoms with van der Waals surface area (Å²) in [6, 6.07) is 0. The first-order valence-electron chi connectivity index (χ1n) is 5.11. The third-order valence-electron chi connectivity index (χ3n) is 1.57. The van der Waals surface area contributed by atoms with Crippen LogP contribution in [0.5, 0.6) is 0 Å². The number of hydrogen-bond donors (Lipinski definition) is 3. The van der Waals surface area contributed by atoms with Crippen LogP contribution in [0.15, 0.2) is 0 Å². The average Bonchev–Trinajstić information content (AvgIpc) is 2.22. The van der Waals surface area contributed by atoms with E-state index in [1.165, 1.54) is 0 Å². The molecule has 3 N–H and O–H groups in total. The number of carbonyl (C=O) groups excluding carboxylic acids is 1. The molecule has 0 aromatic rings. The van der Waals surface area contributed by atoms with Crippen LogP contribution in [0.1, 0.15) is 38.5 Å². The van der Waals surface area contributed by atoms with Crippen LogP contribution >= 0.6 is 0 Å². The molecule has 0 spiro atoms. The Labute approximate surface area is 121 Å². The van der Waals surface area contributed by atoms with Crippen LogP contribution in [0, 0.1) is 0 Å². The normalized spacial score (nSPS) is 8.42. The molecule has 0 amide bonds. The number of hydrogen-bond acceptors (Lipinski definition) is 5. The van der Waals surface area contributed by atoms with Gasteiger partial charge in [0, 0.05) is 12.4 Å². The van der Waals surface area contributed by atoms with E-state index in [1.807, 2.05) is 0 Å². The fourth-order valence-corrected chi connectivity index (χ4v) is 0.759. The Morgan fingerprint density at radius 1 is 0.684 bits per heavy atom. The molecule has 19 heavy (non-hydrogen) atoms. The van der Waals surface area contributed by atoms with Gasteiger partial charge < -0.3 is 25.2 Å². The predicted molar refractivity (Wildman–Crippen MR) is 55.6 cm³/mol. The molecule has 0 aromatic carbocycles. The Balaban J connectivity index is -0.000000262. The van der Waals surface area contributed by atoms with Crippen molar-refractivity contribution in [3.05, 3.63) is 0 Å². The summed E-state index contributed by atoms with van der Waals surface area (Å²) in [4.78, 5) is 38.9. The van der Waals surface area contributed by atoms with E-state index >= 15 is 0 Å². The zero-order chi connectivity index (χ0) is 14.6. The standard InChI is InChI=1S/C6H10O4.C4H6O4.Li/c7-5(8)3-1-2-4-6(9)10;5-3(6)1-2-4(7)8;/h1-4H2,(H,7,8)(H,9,10);1-2H2,(H,5,6)(H,7,8);/q;;+1/p-1. The van der Waals surface area contributed by atoms with Gasteiger partial charge in [0.1, 0.15) is 0 Å². The minimum absolute atomic E-state index is 0. The van der Waals surface area contributed by atoms with Crippen molar-refractivity contribution in [2.24, 2.45) is 0 Å². The van der Waals surface area contributed by atoms with Crippen molar-refractivity contribution < 1.29 is 58.5 Å². The second kappa shape index (κ2) is 14.5. The van der Waals surface area contributed by atoms with Gasteiger partial charge in [-0.15, -0.1) is 0 Å². The van der Waals surface area contributed by atoms with Gasteiger partial charge in [-0.1, -0.05) is 0 Å². The van der Waals surface area contributed by atoms with Crippen LogP contribution in [-0.2, 0) is 19.2 Å². The largest absolute Gasteiger partial charge is 1.00 e. The molecule has 0 atom stereocenters. The maximum absolute atomic E-state index is 9.88. The fraction of sp³-hybridized carbons (Fsp3) is 0.600. The fourth-order valence-electron chi connectivity index (χ4n) is 0.759. The zero-order valence-corrected chi connectivity index (χ0v) is 10.6. The van der Waals surface area contributed by atoms with E-state index in [0.717, 1.165) is 0 Å². The van der Waals surface area contributed by atoms with Crippen molar-refractivity contribution in [2.45, 2.75) is 38.5 Å². The number of unbranched alkanes of at least 4 members (excludes halogenated alkanes) is 1. The number of carboxylic acids is 4. The Morgan fingerprint density at radius 2 is 1.00 bits per heavy atom. The van der Waals surface area contributed by atoms with Crippen molar-refractivity contribution in [3.63, 3.8) is 0 Å². The quantitative estimate of drug-likeness (QED) is 0.301. The summed E-state index contributed by atoms with van der Waals surface area (Å²) in [6.45, 7) is 0. The van der Waals surface area contributed by atoms with Crippen LogP contribution in [0.2, 0.25) is 0 Å². The number of aliphatic carboxylic acids is 4. The summed E-state index contributed by atoms with van der Waals surface area (Å²) >= 11 is 0. The van der Waals surface area contributed by atoms with Gasteiger partial charge in [-0.3, -0.25) is 14.4 Å². The molecule has 0 aliphatic carbocycles. The van der Waals surface area contributed by atoms with Gasteiger partial charge in [-0.25, -0.2) is 0 Å². The van der Waals surface area contributed by atoms with Crippen LogP contribution in [-0.4, -0.2) is 39.2 Å². The molecule has 104 valence electrons. The first-order chi connectivity index (χ1) is 8.25. The van der Waals surface area contributed by atoms with Crippen LogP contribution in [0.25, 0.3) is 0 Å². The van der Waals surface area contributed by atoms with Gasteiger partial charge in [0.05, 0.1) is 12.8 Å². The molecule has 0 radical (unpaired) electrons. The maximum Gasteiger partial charge on any atom is 1.00 e. The van der Waals surface area contributed by atoms with Gasteiger partial charge in [0.2, 0.25) is 0 Å². The van der Waals surface area contributed by atoms with E-state index in [4.69, 9.17) is 15.3 Å². The Bertz CT molecular complexity index is 272. The van der Waals surface area contributed by atoms with Crippen LogP contribution in [0.3, 0.4) is 0 Å². The van der Waals surface area contributed by atoms with E-state index in [2.05, 4.69) is 0 Å². The van der Waals surface area contributed by atoms with E-state index < -0.39 is 23.9 Å². The minimum atomic E-state index is -1.12. The molecule has 0 heterocycles. The summed E-state index contributed by atoms with van der Waals surface area (Å²) < 4.78 is 0. The third kappa shape index (κ3) is 31.5. The zero-order valence-electron chi connectivity index (χ0n) is 10.6. The SMILES string of the molecule is O=C(O)CCC(=O)O.O=C([O-])CCCCC(=O)O.[Li+]. The maximum atomic E-state index is 9.88. The molecule has 0 saturated carbocycles. The molecule has 0 fully saturated rings. The van der Waals surface area contributed by atoms with Gasteiger partial charge in [-0.05, 0) is 19.3 Å². The van der Waals surface area contributed by atoms with Crippen molar-refractivity contribution in [2.75, 3.05) is 0 Å². The molecule has 0 aliphatic rings. The second-order valence-corrected chi connectivity index (χ2v) is 3.26. The summed E-state index contributed by atoms with van der Waals surface area (Å²) in [5.74, 6) is -4.16. The topological polar surface area (TPSA) is 152 Å². The van der Waals surface area contributed by atoms with Gasteiger partial charge >= 0.3 is 36.8 Å². The molecule has 0 aliphatic heterocycles. The average molecular weight is 270 g/mol. The summed E-state index contributed by atoms with van der Waals surface area (Å²) in [7, 11) is 0. The second-order valence-electron chi connectivity index (χ2n) is 3.26. The summed E-state index contributed by atoms with van der Waals surface area (Å²) in [5.41, 5.74) is 0. The van der Waals surface area contributed by atoms with E-state index in [-0.39, 0.29) is 44.5 Å². The predicted octanol–water partition coefficient (Wildman–Crippen LogP) is -3.68. The molecular formula is C10H15LiO8. The van der Waals surface area contributed by atoms with Crippen LogP contribution < -0.4 is 24.0 Å². The van der Waals surface area contributed by atoms with Crippen molar-refractivity contribution >= 4 is 23.9 Å². The first-order valence-corrected chi connectivity index (χ1v) is 5.11. The van der Waals surface area contributed by atoms with E-state index in [1.54, 1.807) is 0 Å².